The minimum Gasteiger partial charge on any atom is -0.339 e. The van der Waals surface area contributed by atoms with Crippen molar-refractivity contribution in [3.8, 4) is 0 Å². The molecule has 3 amide bonds. The third-order valence-electron chi connectivity index (χ3n) is 4.19. The standard InChI is InChI=1S/C12H20N4O2/c17-11(9-2-1-3-13-6-9)15-4-5-16-10(8-15)7-14-12(16)18/h9-10,13H,1-8H2,(H,14,18)/t9-,10?/m1/s1. The Morgan fingerprint density at radius 3 is 2.94 bits per heavy atom. The highest BCUT2D eigenvalue weighted by molar-refractivity contribution is 5.81. The van der Waals surface area contributed by atoms with Gasteiger partial charge in [-0.3, -0.25) is 4.79 Å². The van der Waals surface area contributed by atoms with Gasteiger partial charge in [0.1, 0.15) is 0 Å². The van der Waals surface area contributed by atoms with Gasteiger partial charge in [0.05, 0.1) is 12.0 Å². The SMILES string of the molecule is O=C([C@@H]1CCCNC1)N1CCN2C(=O)NCC2C1. The van der Waals surface area contributed by atoms with Gasteiger partial charge in [0.2, 0.25) is 5.91 Å². The molecule has 100 valence electrons. The maximum Gasteiger partial charge on any atom is 0.317 e. The van der Waals surface area contributed by atoms with Crippen LogP contribution in [0.4, 0.5) is 4.79 Å². The normalized spacial score (nSPS) is 32.1. The summed E-state index contributed by atoms with van der Waals surface area (Å²) in [7, 11) is 0. The van der Waals surface area contributed by atoms with E-state index in [4.69, 9.17) is 0 Å². The van der Waals surface area contributed by atoms with Crippen molar-refractivity contribution in [1.29, 1.82) is 0 Å². The molecule has 6 nitrogen and oxygen atoms in total. The molecule has 0 bridgehead atoms. The van der Waals surface area contributed by atoms with Gasteiger partial charge in [-0.25, -0.2) is 4.79 Å². The molecule has 0 saturated carbocycles. The number of nitrogens with zero attached hydrogens (tertiary/aromatic N) is 2. The fourth-order valence-electron chi connectivity index (χ4n) is 3.13. The Bertz CT molecular complexity index is 354. The number of urea groups is 1. The topological polar surface area (TPSA) is 64.7 Å². The first-order valence-electron chi connectivity index (χ1n) is 6.79. The van der Waals surface area contributed by atoms with Crippen LogP contribution in [0.1, 0.15) is 12.8 Å². The third-order valence-corrected chi connectivity index (χ3v) is 4.19. The Labute approximate surface area is 107 Å². The number of hydrogen-bond donors (Lipinski definition) is 2. The molecule has 0 aliphatic carbocycles. The number of nitrogens with one attached hydrogen (secondary N) is 2. The molecule has 2 atom stereocenters. The Morgan fingerprint density at radius 2 is 2.17 bits per heavy atom. The maximum absolute atomic E-state index is 12.4. The van der Waals surface area contributed by atoms with E-state index < -0.39 is 0 Å². The van der Waals surface area contributed by atoms with Gasteiger partial charge in [-0.05, 0) is 19.4 Å². The number of piperidine rings is 1. The van der Waals surface area contributed by atoms with Gasteiger partial charge >= 0.3 is 6.03 Å². The monoisotopic (exact) mass is 252 g/mol. The number of rotatable bonds is 1. The van der Waals surface area contributed by atoms with Crippen molar-refractivity contribution in [1.82, 2.24) is 20.4 Å². The van der Waals surface area contributed by atoms with Crippen molar-refractivity contribution >= 4 is 11.9 Å². The van der Waals surface area contributed by atoms with Crippen LogP contribution in [-0.4, -0.2) is 67.0 Å². The molecule has 0 aromatic carbocycles. The van der Waals surface area contributed by atoms with Crippen molar-refractivity contribution in [2.75, 3.05) is 39.3 Å². The zero-order chi connectivity index (χ0) is 12.5. The average molecular weight is 252 g/mol. The maximum atomic E-state index is 12.4. The molecule has 0 aromatic rings. The van der Waals surface area contributed by atoms with E-state index in [1.54, 1.807) is 0 Å². The van der Waals surface area contributed by atoms with Crippen LogP contribution in [0.2, 0.25) is 0 Å². The predicted molar refractivity (Wildman–Crippen MR) is 66.1 cm³/mol. The number of fused-ring (bicyclic) bond motifs is 1. The molecule has 3 aliphatic heterocycles. The van der Waals surface area contributed by atoms with E-state index in [-0.39, 0.29) is 23.9 Å². The molecule has 2 N–H and O–H groups in total. The van der Waals surface area contributed by atoms with E-state index in [2.05, 4.69) is 10.6 Å². The molecule has 3 saturated heterocycles. The van der Waals surface area contributed by atoms with Crippen LogP contribution in [0.3, 0.4) is 0 Å². The highest BCUT2D eigenvalue weighted by atomic mass is 16.2. The smallest absolute Gasteiger partial charge is 0.317 e. The lowest BCUT2D eigenvalue weighted by Crippen LogP contribution is -2.56. The van der Waals surface area contributed by atoms with Gasteiger partial charge in [0.25, 0.3) is 0 Å². The van der Waals surface area contributed by atoms with Gasteiger partial charge in [0, 0.05) is 32.7 Å². The Morgan fingerprint density at radius 1 is 1.28 bits per heavy atom. The number of amides is 3. The number of carbonyl (C=O) groups excluding carboxylic acids is 2. The summed E-state index contributed by atoms with van der Waals surface area (Å²) >= 11 is 0. The number of hydrogen-bond acceptors (Lipinski definition) is 3. The summed E-state index contributed by atoms with van der Waals surface area (Å²) in [5.41, 5.74) is 0. The molecule has 3 heterocycles. The zero-order valence-electron chi connectivity index (χ0n) is 10.5. The van der Waals surface area contributed by atoms with E-state index in [9.17, 15) is 9.59 Å². The molecule has 3 fully saturated rings. The van der Waals surface area contributed by atoms with Crippen molar-refractivity contribution in [2.45, 2.75) is 18.9 Å². The van der Waals surface area contributed by atoms with Crippen LogP contribution in [-0.2, 0) is 4.79 Å². The van der Waals surface area contributed by atoms with Crippen LogP contribution >= 0.6 is 0 Å². The van der Waals surface area contributed by atoms with E-state index in [0.717, 1.165) is 25.9 Å². The minimum atomic E-state index is 0.0198. The van der Waals surface area contributed by atoms with Crippen LogP contribution in [0.25, 0.3) is 0 Å². The first kappa shape index (κ1) is 11.8. The summed E-state index contributed by atoms with van der Waals surface area (Å²) in [4.78, 5) is 27.7. The minimum absolute atomic E-state index is 0.0198. The third kappa shape index (κ3) is 2.05. The molecule has 1 unspecified atom stereocenters. The fourth-order valence-corrected chi connectivity index (χ4v) is 3.13. The molecular formula is C12H20N4O2. The second kappa shape index (κ2) is 4.76. The fraction of sp³-hybridized carbons (Fsp3) is 0.833. The van der Waals surface area contributed by atoms with Gasteiger partial charge in [-0.1, -0.05) is 0 Å². The quantitative estimate of drug-likeness (QED) is 0.643. The highest BCUT2D eigenvalue weighted by Crippen LogP contribution is 2.19. The van der Waals surface area contributed by atoms with Gasteiger partial charge < -0.3 is 20.4 Å². The van der Waals surface area contributed by atoms with Crippen molar-refractivity contribution < 1.29 is 9.59 Å². The Hall–Kier alpha value is -1.30. The van der Waals surface area contributed by atoms with Gasteiger partial charge in [-0.2, -0.15) is 0 Å². The summed E-state index contributed by atoms with van der Waals surface area (Å²) in [5, 5.41) is 6.12. The van der Waals surface area contributed by atoms with Crippen molar-refractivity contribution in [3.05, 3.63) is 0 Å². The molecule has 0 radical (unpaired) electrons. The molecule has 3 rings (SSSR count). The lowest BCUT2D eigenvalue weighted by molar-refractivity contribution is -0.138. The lowest BCUT2D eigenvalue weighted by atomic mass is 9.97. The molecule has 0 spiro atoms. The highest BCUT2D eigenvalue weighted by Gasteiger charge is 2.38. The first-order valence-corrected chi connectivity index (χ1v) is 6.79. The molecule has 0 aromatic heterocycles. The van der Waals surface area contributed by atoms with E-state index in [1.165, 1.54) is 0 Å². The second-order valence-corrected chi connectivity index (χ2v) is 5.36. The molecule has 18 heavy (non-hydrogen) atoms. The second-order valence-electron chi connectivity index (χ2n) is 5.36. The van der Waals surface area contributed by atoms with E-state index in [1.807, 2.05) is 9.80 Å². The summed E-state index contributed by atoms with van der Waals surface area (Å²) in [6, 6.07) is 0.193. The first-order chi connectivity index (χ1) is 8.75. The van der Waals surface area contributed by atoms with Crippen molar-refractivity contribution in [3.63, 3.8) is 0 Å². The van der Waals surface area contributed by atoms with Crippen molar-refractivity contribution in [2.24, 2.45) is 5.92 Å². The lowest BCUT2D eigenvalue weighted by Gasteiger charge is -2.38. The van der Waals surface area contributed by atoms with Crippen LogP contribution in [0.5, 0.6) is 0 Å². The number of carbonyl (C=O) groups is 2. The van der Waals surface area contributed by atoms with E-state index >= 15 is 0 Å². The molecule has 6 heteroatoms. The Balaban J connectivity index is 1.60. The van der Waals surface area contributed by atoms with Gasteiger partial charge in [0.15, 0.2) is 0 Å². The van der Waals surface area contributed by atoms with E-state index in [0.29, 0.717) is 26.2 Å². The Kier molecular flexibility index (Phi) is 3.11. The summed E-state index contributed by atoms with van der Waals surface area (Å²) in [5.74, 6) is 0.400. The molecule has 3 aliphatic rings. The zero-order valence-corrected chi connectivity index (χ0v) is 10.5. The predicted octanol–water partition coefficient (Wildman–Crippen LogP) is -0.778. The largest absolute Gasteiger partial charge is 0.339 e. The summed E-state index contributed by atoms with van der Waals surface area (Å²) in [6.45, 7) is 4.54. The number of piperazine rings is 1. The van der Waals surface area contributed by atoms with Gasteiger partial charge in [-0.15, -0.1) is 0 Å². The van der Waals surface area contributed by atoms with Crippen LogP contribution < -0.4 is 10.6 Å². The summed E-state index contributed by atoms with van der Waals surface area (Å²) in [6.07, 6.45) is 2.08. The van der Waals surface area contributed by atoms with Crippen LogP contribution in [0, 0.1) is 5.92 Å². The van der Waals surface area contributed by atoms with Crippen LogP contribution in [0.15, 0.2) is 0 Å². The molecular weight excluding hydrogens is 232 g/mol. The average Bonchev–Trinajstić information content (AvgIpc) is 2.80. The summed E-state index contributed by atoms with van der Waals surface area (Å²) < 4.78 is 0.